The number of unbranched alkanes of at least 4 members (excludes halogenated alkanes) is 3. The molecule has 23 nitrogen and oxygen atoms in total. The van der Waals surface area contributed by atoms with Crippen LogP contribution in [0.15, 0.2) is 65.8 Å². The number of cyclic esters (lactones) is 1. The van der Waals surface area contributed by atoms with Crippen molar-refractivity contribution in [2.45, 2.75) is 128 Å². The van der Waals surface area contributed by atoms with Crippen molar-refractivity contribution in [1.82, 2.24) is 52.0 Å². The summed E-state index contributed by atoms with van der Waals surface area (Å²) in [5, 5.41) is 30.9. The van der Waals surface area contributed by atoms with E-state index in [4.69, 9.17) is 15.5 Å². The van der Waals surface area contributed by atoms with Crippen LogP contribution < -0.4 is 43.0 Å². The van der Waals surface area contributed by atoms with Gasteiger partial charge in [0.25, 0.3) is 11.8 Å². The van der Waals surface area contributed by atoms with E-state index in [0.717, 1.165) is 32.5 Å². The molecule has 0 saturated heterocycles. The molecule has 442 valence electrons. The number of amides is 9. The molecule has 0 saturated carbocycles. The summed E-state index contributed by atoms with van der Waals surface area (Å²) in [7, 11) is 0. The van der Waals surface area contributed by atoms with Gasteiger partial charge in [-0.1, -0.05) is 43.7 Å². The predicted octanol–water partition coefficient (Wildman–Crippen LogP) is 1.02. The lowest BCUT2D eigenvalue weighted by Crippen LogP contribution is -2.53. The Bertz CT molecular complexity index is 3150. The molecule has 1 aromatic heterocycles. The van der Waals surface area contributed by atoms with Crippen molar-refractivity contribution < 1.29 is 62.2 Å². The van der Waals surface area contributed by atoms with Crippen LogP contribution in [0.2, 0.25) is 0 Å². The van der Waals surface area contributed by atoms with Crippen LogP contribution >= 0.6 is 0 Å². The van der Waals surface area contributed by atoms with Gasteiger partial charge in [-0.05, 0) is 105 Å². The Morgan fingerprint density at radius 2 is 1.49 bits per heavy atom. The van der Waals surface area contributed by atoms with Crippen LogP contribution in [0.25, 0.3) is 16.6 Å². The number of hydrogen-bond acceptors (Lipinski definition) is 15. The van der Waals surface area contributed by atoms with E-state index >= 15 is 4.39 Å². The zero-order chi connectivity index (χ0) is 59.4. The zero-order valence-corrected chi connectivity index (χ0v) is 46.7. The van der Waals surface area contributed by atoms with Crippen LogP contribution in [0.1, 0.15) is 117 Å². The van der Waals surface area contributed by atoms with Crippen molar-refractivity contribution in [2.24, 2.45) is 5.73 Å². The fourth-order valence-corrected chi connectivity index (χ4v) is 11.2. The normalized spacial score (nSPS) is 18.3. The Morgan fingerprint density at radius 3 is 2.22 bits per heavy atom. The molecular weight excluding hydrogens is 1070 g/mol. The molecule has 3 aromatic rings. The fraction of sp³-hybridized carbons (Fsp3) is 0.475. The van der Waals surface area contributed by atoms with Gasteiger partial charge in [0.05, 0.1) is 42.6 Å². The van der Waals surface area contributed by atoms with Gasteiger partial charge in [-0.2, -0.15) is 0 Å². The van der Waals surface area contributed by atoms with E-state index in [0.29, 0.717) is 98.2 Å². The SMILES string of the molecule is CC[C@@]1(O)C(=O)OCC2=C1C=C1c3nc4cc(F)c(C)c5c4c(c3CN1C2)[C@@H](NC(=O)CCCNC(=O)CNC(=O)[C@H](Cc1ccccc1)NC(=O)CNC(=O)CNC(=O)[C@H](CCCCN)NC(=O)CCCCCN1C(=O)C=CC1=O)CC5. The van der Waals surface area contributed by atoms with Crippen LogP contribution in [0.4, 0.5) is 4.39 Å². The van der Waals surface area contributed by atoms with E-state index in [-0.39, 0.29) is 87.7 Å². The molecule has 1 aliphatic carbocycles. The molecule has 4 aliphatic heterocycles. The molecule has 4 atom stereocenters. The first-order valence-corrected chi connectivity index (χ1v) is 28.4. The summed E-state index contributed by atoms with van der Waals surface area (Å²) >= 11 is 0. The number of carbonyl (C=O) groups excluding carboxylic acids is 10. The highest BCUT2D eigenvalue weighted by molar-refractivity contribution is 6.12. The maximum Gasteiger partial charge on any atom is 0.343 e. The molecule has 10 N–H and O–H groups in total. The van der Waals surface area contributed by atoms with Crippen LogP contribution in [-0.2, 0) is 72.1 Å². The maximum absolute atomic E-state index is 15.4. The number of imide groups is 1. The van der Waals surface area contributed by atoms with Gasteiger partial charge in [-0.15, -0.1) is 0 Å². The Morgan fingerprint density at radius 1 is 0.807 bits per heavy atom. The van der Waals surface area contributed by atoms with Gasteiger partial charge in [0.15, 0.2) is 5.60 Å². The third-order valence-electron chi connectivity index (χ3n) is 15.7. The minimum absolute atomic E-state index is 0.0434. The summed E-state index contributed by atoms with van der Waals surface area (Å²) in [5.41, 5.74) is 10.6. The zero-order valence-electron chi connectivity index (χ0n) is 46.7. The lowest BCUT2D eigenvalue weighted by molar-refractivity contribution is -0.163. The summed E-state index contributed by atoms with van der Waals surface area (Å²) in [4.78, 5) is 137. The minimum Gasteiger partial charge on any atom is -0.459 e. The molecule has 5 heterocycles. The highest BCUT2D eigenvalue weighted by atomic mass is 19.1. The molecule has 9 amide bonds. The average molecular weight is 1150 g/mol. The van der Waals surface area contributed by atoms with E-state index < -0.39 is 78.9 Å². The molecule has 5 aliphatic rings. The third kappa shape index (κ3) is 14.6. The molecule has 0 unspecified atom stereocenters. The molecule has 8 rings (SSSR count). The van der Waals surface area contributed by atoms with Gasteiger partial charge in [-0.25, -0.2) is 14.2 Å². The molecule has 83 heavy (non-hydrogen) atoms. The Kier molecular flexibility index (Phi) is 20.2. The number of halogens is 1. The summed E-state index contributed by atoms with van der Waals surface area (Å²) < 4.78 is 20.8. The summed E-state index contributed by atoms with van der Waals surface area (Å²) in [6.45, 7) is 3.51. The van der Waals surface area contributed by atoms with Crippen molar-refractivity contribution in [3.63, 3.8) is 0 Å². The van der Waals surface area contributed by atoms with Gasteiger partial charge >= 0.3 is 5.97 Å². The smallest absolute Gasteiger partial charge is 0.343 e. The monoisotopic (exact) mass is 1150 g/mol. The van der Waals surface area contributed by atoms with Crippen LogP contribution in [-0.4, -0.2) is 149 Å². The van der Waals surface area contributed by atoms with Gasteiger partial charge in [0.2, 0.25) is 41.4 Å². The number of esters is 1. The van der Waals surface area contributed by atoms with Gasteiger partial charge < -0.3 is 57.7 Å². The van der Waals surface area contributed by atoms with E-state index in [2.05, 4.69) is 42.1 Å². The van der Waals surface area contributed by atoms with Crippen molar-refractivity contribution >= 4 is 75.7 Å². The Labute approximate surface area is 479 Å². The molecular formula is C59H72FN11O12. The topological polar surface area (TPSA) is 330 Å². The van der Waals surface area contributed by atoms with E-state index in [1.165, 1.54) is 18.2 Å². The highest BCUT2D eigenvalue weighted by Gasteiger charge is 2.47. The maximum atomic E-state index is 15.4. The number of fused-ring (bicyclic) bond motifs is 4. The number of pyridine rings is 1. The van der Waals surface area contributed by atoms with E-state index in [9.17, 15) is 53.1 Å². The number of rotatable bonds is 28. The second-order valence-corrected chi connectivity index (χ2v) is 21.4. The van der Waals surface area contributed by atoms with Gasteiger partial charge in [0, 0.05) is 80.2 Å². The summed E-state index contributed by atoms with van der Waals surface area (Å²) in [5.74, 6) is -5.78. The largest absolute Gasteiger partial charge is 0.459 e. The average Bonchev–Trinajstić information content (AvgIpc) is 2.62. The number of benzene rings is 2. The summed E-state index contributed by atoms with van der Waals surface area (Å²) in [6.07, 6.45) is 8.66. The molecule has 0 bridgehead atoms. The van der Waals surface area contributed by atoms with E-state index in [1.807, 2.05) is 0 Å². The van der Waals surface area contributed by atoms with Crippen LogP contribution in [0, 0.1) is 12.7 Å². The number of aromatic nitrogens is 1. The van der Waals surface area contributed by atoms with Crippen LogP contribution in [0.5, 0.6) is 0 Å². The number of nitrogens with zero attached hydrogens (tertiary/aromatic N) is 3. The Balaban J connectivity index is 0.784. The van der Waals surface area contributed by atoms with Crippen LogP contribution in [0.3, 0.4) is 0 Å². The minimum atomic E-state index is -1.81. The number of ether oxygens (including phenoxy) is 1. The predicted molar refractivity (Wildman–Crippen MR) is 300 cm³/mol. The van der Waals surface area contributed by atoms with E-state index in [1.54, 1.807) is 50.3 Å². The number of aryl methyl sites for hydroxylation is 1. The standard InChI is InChI=1S/C59H72FN11O12/c1-3-59(82)39-26-45-55-38(32-70(45)31-36(39)33-83-58(59)81)54-41(19-18-37-34(2)40(60)27-43(69-55)53(37)54)66-47(73)17-12-23-62-48(74)28-65-57(80)44(25-35-13-6-4-7-14-35)68-50(76)30-63-49(75)29-64-56(79)42(15-9-10-22-61)67-46(72)16-8-5-11-24-71-51(77)20-21-52(71)78/h4,6-7,13-14,20-21,26-27,41-42,44,82H,3,5,8-12,15-19,22-25,28-33,61H2,1-2H3,(H,62,74)(H,63,75)(H,64,79)(H,65,80)(H,66,73)(H,67,72)(H,68,76)/t41-,42-,44-,59-/m0/s1. The van der Waals surface area contributed by atoms with Crippen molar-refractivity contribution in [1.29, 1.82) is 0 Å². The second kappa shape index (κ2) is 27.6. The molecule has 2 aromatic carbocycles. The molecule has 0 spiro atoms. The number of aliphatic hydroxyl groups is 1. The van der Waals surface area contributed by atoms with Crippen molar-refractivity contribution in [2.75, 3.05) is 52.4 Å². The molecule has 24 heteroatoms. The van der Waals surface area contributed by atoms with Gasteiger partial charge in [-0.3, -0.25) is 48.1 Å². The first kappa shape index (κ1) is 60.7. The first-order chi connectivity index (χ1) is 39.9. The number of carbonyl (C=O) groups is 10. The fourth-order valence-electron chi connectivity index (χ4n) is 11.2. The third-order valence-corrected chi connectivity index (χ3v) is 15.7. The second-order valence-electron chi connectivity index (χ2n) is 21.4. The number of hydrogen-bond donors (Lipinski definition) is 9. The van der Waals surface area contributed by atoms with Crippen molar-refractivity contribution in [3.8, 4) is 0 Å². The van der Waals surface area contributed by atoms with Gasteiger partial charge in [0.1, 0.15) is 24.5 Å². The quantitative estimate of drug-likeness (QED) is 0.0279. The van der Waals surface area contributed by atoms with Crippen molar-refractivity contribution in [3.05, 3.63) is 105 Å². The lowest BCUT2D eigenvalue weighted by Gasteiger charge is -2.37. The molecule has 0 radical (unpaired) electrons. The first-order valence-electron chi connectivity index (χ1n) is 28.4. The Hall–Kier alpha value is -8.38. The molecule has 0 fully saturated rings. The highest BCUT2D eigenvalue weighted by Crippen LogP contribution is 2.48. The number of nitrogens with one attached hydrogen (secondary N) is 7. The summed E-state index contributed by atoms with van der Waals surface area (Å²) in [6, 6.07) is 7.66. The lowest BCUT2D eigenvalue weighted by atomic mass is 9.81. The number of nitrogens with two attached hydrogens (primary N) is 1.